The molecule has 0 aliphatic carbocycles. The molecule has 0 aromatic heterocycles. The van der Waals surface area contributed by atoms with Gasteiger partial charge in [-0.2, -0.15) is 0 Å². The standard InChI is InChI=1S/C11H20N2O3/c1-3-10(8-14)11(16)13-6-4-12(5-7-13)9(2)15/h10,14H,3-8H2,1-2H3. The Morgan fingerprint density at radius 3 is 2.06 bits per heavy atom. The quantitative estimate of drug-likeness (QED) is 0.721. The van der Waals surface area contributed by atoms with E-state index in [2.05, 4.69) is 0 Å². The zero-order valence-electron chi connectivity index (χ0n) is 9.98. The van der Waals surface area contributed by atoms with Gasteiger partial charge in [0.25, 0.3) is 0 Å². The fourth-order valence-corrected chi connectivity index (χ4v) is 1.88. The molecule has 1 unspecified atom stereocenters. The topological polar surface area (TPSA) is 60.9 Å². The van der Waals surface area contributed by atoms with Gasteiger partial charge in [0.2, 0.25) is 11.8 Å². The van der Waals surface area contributed by atoms with Crippen LogP contribution in [0.25, 0.3) is 0 Å². The van der Waals surface area contributed by atoms with Gasteiger partial charge in [0, 0.05) is 33.1 Å². The highest BCUT2D eigenvalue weighted by molar-refractivity contribution is 5.79. The largest absolute Gasteiger partial charge is 0.396 e. The van der Waals surface area contributed by atoms with Crippen LogP contribution in [0.5, 0.6) is 0 Å². The summed E-state index contributed by atoms with van der Waals surface area (Å²) >= 11 is 0. The summed E-state index contributed by atoms with van der Waals surface area (Å²) in [6, 6.07) is 0. The van der Waals surface area contributed by atoms with Crippen molar-refractivity contribution in [3.05, 3.63) is 0 Å². The number of carbonyl (C=O) groups is 2. The van der Waals surface area contributed by atoms with Crippen molar-refractivity contribution in [2.75, 3.05) is 32.8 Å². The summed E-state index contributed by atoms with van der Waals surface area (Å²) in [5.74, 6) is -0.224. The van der Waals surface area contributed by atoms with Crippen LogP contribution in [0.1, 0.15) is 20.3 Å². The smallest absolute Gasteiger partial charge is 0.228 e. The van der Waals surface area contributed by atoms with E-state index in [0.29, 0.717) is 32.6 Å². The number of piperazine rings is 1. The van der Waals surface area contributed by atoms with Crippen LogP contribution in [-0.4, -0.2) is 59.5 Å². The summed E-state index contributed by atoms with van der Waals surface area (Å²) in [4.78, 5) is 26.5. The van der Waals surface area contributed by atoms with E-state index in [-0.39, 0.29) is 24.3 Å². The van der Waals surface area contributed by atoms with Crippen molar-refractivity contribution in [3.63, 3.8) is 0 Å². The second-order valence-corrected chi connectivity index (χ2v) is 4.12. The molecule has 1 fully saturated rings. The minimum absolute atomic E-state index is 0.00759. The molecule has 1 saturated heterocycles. The van der Waals surface area contributed by atoms with E-state index in [1.54, 1.807) is 16.7 Å². The second-order valence-electron chi connectivity index (χ2n) is 4.12. The Bertz CT molecular complexity index is 256. The lowest BCUT2D eigenvalue weighted by Crippen LogP contribution is -2.51. The Balaban J connectivity index is 2.47. The minimum atomic E-state index is -0.288. The van der Waals surface area contributed by atoms with E-state index < -0.39 is 0 Å². The van der Waals surface area contributed by atoms with Crippen LogP contribution in [0.2, 0.25) is 0 Å². The average Bonchev–Trinajstić information content (AvgIpc) is 2.30. The maximum Gasteiger partial charge on any atom is 0.228 e. The molecule has 5 heteroatoms. The normalized spacial score (nSPS) is 18.4. The molecule has 5 nitrogen and oxygen atoms in total. The lowest BCUT2D eigenvalue weighted by molar-refractivity contribution is -0.142. The summed E-state index contributed by atoms with van der Waals surface area (Å²) in [6.07, 6.45) is 0.655. The third-order valence-electron chi connectivity index (χ3n) is 3.10. The molecule has 1 aliphatic heterocycles. The monoisotopic (exact) mass is 228 g/mol. The van der Waals surface area contributed by atoms with Gasteiger partial charge in [-0.3, -0.25) is 9.59 Å². The first-order chi connectivity index (χ1) is 7.60. The van der Waals surface area contributed by atoms with E-state index in [1.807, 2.05) is 6.92 Å². The van der Waals surface area contributed by atoms with Crippen LogP contribution < -0.4 is 0 Å². The molecule has 1 N–H and O–H groups in total. The van der Waals surface area contributed by atoms with Crippen LogP contribution in [0.3, 0.4) is 0 Å². The van der Waals surface area contributed by atoms with Crippen molar-refractivity contribution in [1.29, 1.82) is 0 Å². The fraction of sp³-hybridized carbons (Fsp3) is 0.818. The predicted octanol–water partition coefficient (Wildman–Crippen LogP) is -0.304. The van der Waals surface area contributed by atoms with Gasteiger partial charge in [0.15, 0.2) is 0 Å². The number of hydrogen-bond acceptors (Lipinski definition) is 3. The molecule has 1 aliphatic rings. The highest BCUT2D eigenvalue weighted by Crippen LogP contribution is 2.10. The van der Waals surface area contributed by atoms with Gasteiger partial charge in [-0.25, -0.2) is 0 Å². The van der Waals surface area contributed by atoms with E-state index in [0.717, 1.165) is 0 Å². The molecule has 1 heterocycles. The van der Waals surface area contributed by atoms with Crippen molar-refractivity contribution in [2.24, 2.45) is 5.92 Å². The third-order valence-corrected chi connectivity index (χ3v) is 3.10. The van der Waals surface area contributed by atoms with Crippen LogP contribution in [-0.2, 0) is 9.59 Å². The maximum atomic E-state index is 11.9. The Morgan fingerprint density at radius 2 is 1.69 bits per heavy atom. The molecular formula is C11H20N2O3. The van der Waals surface area contributed by atoms with Crippen molar-refractivity contribution >= 4 is 11.8 Å². The lowest BCUT2D eigenvalue weighted by Gasteiger charge is -2.35. The number of hydrogen-bond donors (Lipinski definition) is 1. The van der Waals surface area contributed by atoms with E-state index in [4.69, 9.17) is 5.11 Å². The average molecular weight is 228 g/mol. The van der Waals surface area contributed by atoms with Crippen LogP contribution in [0.15, 0.2) is 0 Å². The molecule has 0 saturated carbocycles. The highest BCUT2D eigenvalue weighted by atomic mass is 16.3. The molecule has 1 atom stereocenters. The zero-order chi connectivity index (χ0) is 12.1. The molecule has 0 aromatic carbocycles. The SMILES string of the molecule is CCC(CO)C(=O)N1CCN(C(C)=O)CC1. The van der Waals surface area contributed by atoms with Gasteiger partial charge in [0.05, 0.1) is 12.5 Å². The Labute approximate surface area is 96.0 Å². The molecule has 0 bridgehead atoms. The maximum absolute atomic E-state index is 11.9. The molecule has 92 valence electrons. The van der Waals surface area contributed by atoms with Gasteiger partial charge in [0.1, 0.15) is 0 Å². The first kappa shape index (κ1) is 13.0. The second kappa shape index (κ2) is 5.84. The molecule has 2 amide bonds. The molecule has 0 spiro atoms. The summed E-state index contributed by atoms with van der Waals surface area (Å²) < 4.78 is 0. The van der Waals surface area contributed by atoms with E-state index >= 15 is 0 Å². The number of nitrogens with zero attached hydrogens (tertiary/aromatic N) is 2. The predicted molar refractivity (Wildman–Crippen MR) is 59.7 cm³/mol. The fourth-order valence-electron chi connectivity index (χ4n) is 1.88. The Morgan fingerprint density at radius 1 is 1.19 bits per heavy atom. The number of amides is 2. The lowest BCUT2D eigenvalue weighted by atomic mass is 10.1. The van der Waals surface area contributed by atoms with E-state index in [9.17, 15) is 9.59 Å². The van der Waals surface area contributed by atoms with Gasteiger partial charge in [-0.15, -0.1) is 0 Å². The number of aliphatic hydroxyl groups is 1. The number of aliphatic hydroxyl groups excluding tert-OH is 1. The number of carbonyl (C=O) groups excluding carboxylic acids is 2. The first-order valence-electron chi connectivity index (χ1n) is 5.75. The van der Waals surface area contributed by atoms with Crippen molar-refractivity contribution in [3.8, 4) is 0 Å². The van der Waals surface area contributed by atoms with Gasteiger partial charge < -0.3 is 14.9 Å². The molecule has 1 rings (SSSR count). The van der Waals surface area contributed by atoms with Gasteiger partial charge >= 0.3 is 0 Å². The van der Waals surface area contributed by atoms with Crippen LogP contribution >= 0.6 is 0 Å². The zero-order valence-corrected chi connectivity index (χ0v) is 9.98. The van der Waals surface area contributed by atoms with Crippen LogP contribution in [0, 0.1) is 5.92 Å². The van der Waals surface area contributed by atoms with E-state index in [1.165, 1.54) is 0 Å². The molecule has 0 aromatic rings. The summed E-state index contributed by atoms with van der Waals surface area (Å²) in [6.45, 7) is 5.70. The Hall–Kier alpha value is -1.10. The van der Waals surface area contributed by atoms with Crippen molar-refractivity contribution in [2.45, 2.75) is 20.3 Å². The summed E-state index contributed by atoms with van der Waals surface area (Å²) in [5.41, 5.74) is 0. The number of rotatable bonds is 3. The van der Waals surface area contributed by atoms with Gasteiger partial charge in [-0.05, 0) is 6.42 Å². The Kier molecular flexibility index (Phi) is 4.73. The van der Waals surface area contributed by atoms with Gasteiger partial charge in [-0.1, -0.05) is 6.92 Å². The molecule has 0 radical (unpaired) electrons. The molecular weight excluding hydrogens is 208 g/mol. The van der Waals surface area contributed by atoms with Crippen molar-refractivity contribution in [1.82, 2.24) is 9.80 Å². The molecule has 16 heavy (non-hydrogen) atoms. The van der Waals surface area contributed by atoms with Crippen LogP contribution in [0.4, 0.5) is 0 Å². The van der Waals surface area contributed by atoms with Crippen molar-refractivity contribution < 1.29 is 14.7 Å². The minimum Gasteiger partial charge on any atom is -0.396 e. The summed E-state index contributed by atoms with van der Waals surface area (Å²) in [5, 5.41) is 9.06. The first-order valence-corrected chi connectivity index (χ1v) is 5.75. The summed E-state index contributed by atoms with van der Waals surface area (Å²) in [7, 11) is 0. The third kappa shape index (κ3) is 2.95. The highest BCUT2D eigenvalue weighted by Gasteiger charge is 2.26.